The molecule has 0 spiro atoms. The summed E-state index contributed by atoms with van der Waals surface area (Å²) in [6.45, 7) is 8.67. The van der Waals surface area contributed by atoms with Crippen LogP contribution in [0.4, 0.5) is 20.3 Å². The molecular weight excluding hydrogens is 364 g/mol. The Morgan fingerprint density at radius 3 is 2.71 bits per heavy atom. The zero-order valence-corrected chi connectivity index (χ0v) is 16.7. The predicted molar refractivity (Wildman–Crippen MR) is 104 cm³/mol. The Balaban J connectivity index is 0.00000109. The molecule has 0 aliphatic carbocycles. The number of amides is 1. The predicted octanol–water partition coefficient (Wildman–Crippen LogP) is 3.86. The Bertz CT molecular complexity index is 836. The van der Waals surface area contributed by atoms with Crippen molar-refractivity contribution in [2.45, 2.75) is 59.5 Å². The van der Waals surface area contributed by atoms with E-state index in [9.17, 15) is 13.6 Å². The number of carbonyl (C=O) groups is 1. The van der Waals surface area contributed by atoms with E-state index >= 15 is 0 Å². The maximum Gasteiger partial charge on any atom is 0.280 e. The molecule has 0 atom stereocenters. The number of aromatic nitrogens is 3. The van der Waals surface area contributed by atoms with Crippen LogP contribution >= 0.6 is 0 Å². The van der Waals surface area contributed by atoms with Crippen LogP contribution in [0.2, 0.25) is 0 Å². The van der Waals surface area contributed by atoms with Crippen LogP contribution in [-0.2, 0) is 30.7 Å². The summed E-state index contributed by atoms with van der Waals surface area (Å²) in [6.07, 6.45) is 2.31. The van der Waals surface area contributed by atoms with Gasteiger partial charge in [-0.25, -0.2) is 8.78 Å². The quantitative estimate of drug-likeness (QED) is 0.743. The first kappa shape index (κ1) is 20.2. The number of rotatable bonds is 4. The number of fused-ring (bicyclic) bond motifs is 2. The highest BCUT2D eigenvalue weighted by atomic mass is 19.3. The molecule has 1 amide bonds. The van der Waals surface area contributed by atoms with Crippen LogP contribution in [0.5, 0.6) is 0 Å². The van der Waals surface area contributed by atoms with Crippen LogP contribution < -0.4 is 4.90 Å². The normalized spacial score (nSPS) is 15.6. The lowest BCUT2D eigenvalue weighted by Gasteiger charge is -2.32. The molecule has 2 aliphatic rings. The molecule has 6 nitrogen and oxygen atoms in total. The third kappa shape index (κ3) is 3.59. The third-order valence-corrected chi connectivity index (χ3v) is 5.17. The summed E-state index contributed by atoms with van der Waals surface area (Å²) < 4.78 is 28.3. The van der Waals surface area contributed by atoms with Gasteiger partial charge in [-0.1, -0.05) is 13.8 Å². The first-order valence-corrected chi connectivity index (χ1v) is 9.94. The lowest BCUT2D eigenvalue weighted by Crippen LogP contribution is -2.31. The van der Waals surface area contributed by atoms with E-state index in [0.29, 0.717) is 19.6 Å². The van der Waals surface area contributed by atoms with Gasteiger partial charge in [0, 0.05) is 49.2 Å². The van der Waals surface area contributed by atoms with E-state index in [1.807, 2.05) is 30.4 Å². The Kier molecular flexibility index (Phi) is 6.26. The van der Waals surface area contributed by atoms with E-state index in [1.54, 1.807) is 11.1 Å². The van der Waals surface area contributed by atoms with Gasteiger partial charge in [-0.05, 0) is 31.4 Å². The minimum Gasteiger partial charge on any atom is -0.340 e. The number of anilines is 2. The highest BCUT2D eigenvalue weighted by Crippen LogP contribution is 2.38. The van der Waals surface area contributed by atoms with Crippen molar-refractivity contribution in [1.82, 2.24) is 19.7 Å². The zero-order valence-electron chi connectivity index (χ0n) is 16.7. The molecule has 4 heterocycles. The van der Waals surface area contributed by atoms with Gasteiger partial charge in [-0.2, -0.15) is 5.10 Å². The van der Waals surface area contributed by atoms with Gasteiger partial charge in [0.2, 0.25) is 6.41 Å². The van der Waals surface area contributed by atoms with E-state index < -0.39 is 6.43 Å². The molecule has 0 radical (unpaired) electrons. The first-order valence-electron chi connectivity index (χ1n) is 9.94. The van der Waals surface area contributed by atoms with Gasteiger partial charge < -0.3 is 9.80 Å². The lowest BCUT2D eigenvalue weighted by molar-refractivity contribution is -0.118. The van der Waals surface area contributed by atoms with E-state index in [2.05, 4.69) is 4.98 Å². The van der Waals surface area contributed by atoms with Gasteiger partial charge in [0.1, 0.15) is 5.69 Å². The second-order valence-electron chi connectivity index (χ2n) is 6.68. The molecule has 0 saturated heterocycles. The number of hydrogen-bond donors (Lipinski definition) is 0. The van der Waals surface area contributed by atoms with Crippen molar-refractivity contribution >= 4 is 17.9 Å². The summed E-state index contributed by atoms with van der Waals surface area (Å²) in [5.41, 5.74) is 3.66. The Hall–Kier alpha value is -2.51. The molecule has 2 aliphatic heterocycles. The van der Waals surface area contributed by atoms with Crippen LogP contribution in [-0.4, -0.2) is 39.2 Å². The van der Waals surface area contributed by atoms with Gasteiger partial charge in [-0.15, -0.1) is 0 Å². The minimum absolute atomic E-state index is 0.214. The molecule has 28 heavy (non-hydrogen) atoms. The van der Waals surface area contributed by atoms with E-state index in [0.717, 1.165) is 60.5 Å². The van der Waals surface area contributed by atoms with Crippen molar-refractivity contribution < 1.29 is 13.6 Å². The van der Waals surface area contributed by atoms with E-state index in [4.69, 9.17) is 5.10 Å². The summed E-state index contributed by atoms with van der Waals surface area (Å²) in [4.78, 5) is 18.9. The fourth-order valence-electron chi connectivity index (χ4n) is 3.88. The van der Waals surface area contributed by atoms with Crippen molar-refractivity contribution in [2.24, 2.45) is 0 Å². The molecule has 4 rings (SSSR count). The average molecular weight is 391 g/mol. The molecular formula is C20H27F2N5O. The summed E-state index contributed by atoms with van der Waals surface area (Å²) in [7, 11) is 0. The number of hydrogen-bond acceptors (Lipinski definition) is 4. The molecule has 0 saturated carbocycles. The standard InChI is InChI=1S/C18H21F2N5O.C2H6/c1-2-25-15-5-7-23(11-26)10-13(15)18(22-25)24-6-3-4-12-9-21-14(17(19)20)8-16(12)24;1-2/h8-9,11,17H,2-7,10H2,1H3;1-2H3. The lowest BCUT2D eigenvalue weighted by atomic mass is 10.0. The summed E-state index contributed by atoms with van der Waals surface area (Å²) in [5.74, 6) is 0.778. The van der Waals surface area contributed by atoms with Gasteiger partial charge in [0.05, 0.1) is 6.54 Å². The van der Waals surface area contributed by atoms with Crippen molar-refractivity contribution in [3.63, 3.8) is 0 Å². The Labute approximate surface area is 164 Å². The van der Waals surface area contributed by atoms with Crippen molar-refractivity contribution in [1.29, 1.82) is 0 Å². The SMILES string of the molecule is CC.CCn1nc(N2CCCc3cnc(C(F)F)cc32)c2c1CCN(C=O)C2. The molecule has 0 aromatic carbocycles. The van der Waals surface area contributed by atoms with Gasteiger partial charge >= 0.3 is 0 Å². The number of carbonyl (C=O) groups excluding carboxylic acids is 1. The Morgan fingerprint density at radius 1 is 1.25 bits per heavy atom. The maximum absolute atomic E-state index is 13.1. The molecule has 0 N–H and O–H groups in total. The summed E-state index contributed by atoms with van der Waals surface area (Å²) in [6, 6.07) is 1.48. The molecule has 8 heteroatoms. The summed E-state index contributed by atoms with van der Waals surface area (Å²) >= 11 is 0. The van der Waals surface area contributed by atoms with Crippen LogP contribution in [0.3, 0.4) is 0 Å². The molecule has 2 aromatic rings. The molecule has 0 fully saturated rings. The number of aryl methyl sites for hydroxylation is 2. The maximum atomic E-state index is 13.1. The topological polar surface area (TPSA) is 54.3 Å². The third-order valence-electron chi connectivity index (χ3n) is 5.17. The van der Waals surface area contributed by atoms with Gasteiger partial charge in [0.15, 0.2) is 5.82 Å². The number of halogens is 2. The average Bonchev–Trinajstić information content (AvgIpc) is 3.12. The van der Waals surface area contributed by atoms with E-state index in [1.165, 1.54) is 6.07 Å². The molecule has 0 unspecified atom stereocenters. The van der Waals surface area contributed by atoms with Crippen LogP contribution in [0.15, 0.2) is 12.3 Å². The van der Waals surface area contributed by atoms with Crippen molar-refractivity contribution in [3.05, 3.63) is 34.8 Å². The number of nitrogens with zero attached hydrogens (tertiary/aromatic N) is 5. The second kappa shape index (κ2) is 8.67. The molecule has 0 bridgehead atoms. The van der Waals surface area contributed by atoms with Crippen LogP contribution in [0, 0.1) is 0 Å². The van der Waals surface area contributed by atoms with Crippen molar-refractivity contribution in [3.8, 4) is 0 Å². The highest BCUT2D eigenvalue weighted by molar-refractivity contribution is 5.69. The monoisotopic (exact) mass is 391 g/mol. The summed E-state index contributed by atoms with van der Waals surface area (Å²) in [5, 5.41) is 4.77. The number of pyridine rings is 1. The zero-order chi connectivity index (χ0) is 20.3. The smallest absolute Gasteiger partial charge is 0.280 e. The largest absolute Gasteiger partial charge is 0.340 e. The first-order chi connectivity index (χ1) is 13.6. The van der Waals surface area contributed by atoms with Gasteiger partial charge in [0.25, 0.3) is 6.43 Å². The van der Waals surface area contributed by atoms with Crippen molar-refractivity contribution in [2.75, 3.05) is 18.0 Å². The van der Waals surface area contributed by atoms with Crippen LogP contribution in [0.1, 0.15) is 56.1 Å². The molecule has 2 aromatic heterocycles. The van der Waals surface area contributed by atoms with E-state index in [-0.39, 0.29) is 5.69 Å². The minimum atomic E-state index is -2.60. The van der Waals surface area contributed by atoms with Crippen LogP contribution in [0.25, 0.3) is 0 Å². The number of alkyl halides is 2. The highest BCUT2D eigenvalue weighted by Gasteiger charge is 2.30. The Morgan fingerprint density at radius 2 is 2.04 bits per heavy atom. The second-order valence-corrected chi connectivity index (χ2v) is 6.68. The molecule has 152 valence electrons. The fraction of sp³-hybridized carbons (Fsp3) is 0.550. The fourth-order valence-corrected chi connectivity index (χ4v) is 3.88. The van der Waals surface area contributed by atoms with Gasteiger partial charge in [-0.3, -0.25) is 14.5 Å².